The van der Waals surface area contributed by atoms with Gasteiger partial charge in [0.2, 0.25) is 11.8 Å². The molecule has 114 valence electrons. The van der Waals surface area contributed by atoms with Crippen LogP contribution in [0.15, 0.2) is 0 Å². The standard InChI is InChI=1S/C15H27N3O2/c16-15(20)13-7-4-8-18(10-13)11-14(19)17-9-12-5-2-1-3-6-12/h12-13H,1-11H2,(H2,16,20)(H,17,19)/t13-/m1/s1. The van der Waals surface area contributed by atoms with E-state index in [4.69, 9.17) is 5.73 Å². The van der Waals surface area contributed by atoms with E-state index in [0.717, 1.165) is 25.9 Å². The summed E-state index contributed by atoms with van der Waals surface area (Å²) in [5, 5.41) is 3.05. The number of likely N-dealkylation sites (tertiary alicyclic amines) is 1. The zero-order chi connectivity index (χ0) is 14.4. The molecule has 1 atom stereocenters. The fourth-order valence-electron chi connectivity index (χ4n) is 3.34. The van der Waals surface area contributed by atoms with Gasteiger partial charge in [0.15, 0.2) is 0 Å². The largest absolute Gasteiger partial charge is 0.369 e. The van der Waals surface area contributed by atoms with Gasteiger partial charge in [-0.15, -0.1) is 0 Å². The van der Waals surface area contributed by atoms with Crippen molar-refractivity contribution in [3.8, 4) is 0 Å². The van der Waals surface area contributed by atoms with Gasteiger partial charge in [-0.2, -0.15) is 0 Å². The van der Waals surface area contributed by atoms with Gasteiger partial charge in [-0.25, -0.2) is 0 Å². The molecule has 2 aliphatic rings. The second kappa shape index (κ2) is 7.62. The van der Waals surface area contributed by atoms with E-state index in [0.29, 0.717) is 19.0 Å². The molecule has 3 N–H and O–H groups in total. The first-order valence-electron chi connectivity index (χ1n) is 7.93. The highest BCUT2D eigenvalue weighted by molar-refractivity contribution is 5.79. The Bertz CT molecular complexity index is 340. The second-order valence-corrected chi connectivity index (χ2v) is 6.28. The number of carbonyl (C=O) groups is 2. The summed E-state index contributed by atoms with van der Waals surface area (Å²) < 4.78 is 0. The number of carbonyl (C=O) groups excluding carboxylic acids is 2. The van der Waals surface area contributed by atoms with E-state index in [2.05, 4.69) is 10.2 Å². The van der Waals surface area contributed by atoms with E-state index in [1.54, 1.807) is 0 Å². The van der Waals surface area contributed by atoms with Crippen LogP contribution in [0.2, 0.25) is 0 Å². The first kappa shape index (κ1) is 15.3. The molecule has 1 heterocycles. The maximum Gasteiger partial charge on any atom is 0.234 e. The molecule has 0 radical (unpaired) electrons. The normalized spacial score (nSPS) is 25.3. The third-order valence-corrected chi connectivity index (χ3v) is 4.59. The monoisotopic (exact) mass is 281 g/mol. The zero-order valence-corrected chi connectivity index (χ0v) is 12.3. The molecule has 0 unspecified atom stereocenters. The number of nitrogens with zero attached hydrogens (tertiary/aromatic N) is 1. The summed E-state index contributed by atoms with van der Waals surface area (Å²) in [4.78, 5) is 25.2. The lowest BCUT2D eigenvalue weighted by molar-refractivity contribution is -0.126. The number of hydrogen-bond donors (Lipinski definition) is 2. The lowest BCUT2D eigenvalue weighted by Crippen LogP contribution is -2.46. The fourth-order valence-corrected chi connectivity index (χ4v) is 3.34. The molecule has 1 saturated carbocycles. The summed E-state index contributed by atoms with van der Waals surface area (Å²) in [7, 11) is 0. The Kier molecular flexibility index (Phi) is 5.83. The van der Waals surface area contributed by atoms with Crippen molar-refractivity contribution in [2.75, 3.05) is 26.2 Å². The van der Waals surface area contributed by atoms with Gasteiger partial charge in [0.1, 0.15) is 0 Å². The first-order chi connectivity index (χ1) is 9.65. The first-order valence-corrected chi connectivity index (χ1v) is 7.93. The predicted octanol–water partition coefficient (Wildman–Crippen LogP) is 0.880. The van der Waals surface area contributed by atoms with Gasteiger partial charge < -0.3 is 11.1 Å². The van der Waals surface area contributed by atoms with Gasteiger partial charge in [0, 0.05) is 13.1 Å². The number of rotatable bonds is 5. The molecule has 0 aromatic rings. The van der Waals surface area contributed by atoms with Crippen molar-refractivity contribution in [2.45, 2.75) is 44.9 Å². The molecule has 5 nitrogen and oxygen atoms in total. The molecule has 0 spiro atoms. The fraction of sp³-hybridized carbons (Fsp3) is 0.867. The lowest BCUT2D eigenvalue weighted by Gasteiger charge is -2.30. The van der Waals surface area contributed by atoms with Crippen molar-refractivity contribution in [3.05, 3.63) is 0 Å². The van der Waals surface area contributed by atoms with E-state index in [1.807, 2.05) is 0 Å². The Balaban J connectivity index is 1.66. The second-order valence-electron chi connectivity index (χ2n) is 6.28. The van der Waals surface area contributed by atoms with Crippen LogP contribution >= 0.6 is 0 Å². The highest BCUT2D eigenvalue weighted by Gasteiger charge is 2.25. The van der Waals surface area contributed by atoms with Gasteiger partial charge in [-0.05, 0) is 38.1 Å². The third-order valence-electron chi connectivity index (χ3n) is 4.59. The molecule has 1 saturated heterocycles. The maximum absolute atomic E-state index is 12.0. The van der Waals surface area contributed by atoms with Crippen LogP contribution in [0.25, 0.3) is 0 Å². The van der Waals surface area contributed by atoms with Gasteiger partial charge in [0.25, 0.3) is 0 Å². The van der Waals surface area contributed by atoms with Gasteiger partial charge in [0.05, 0.1) is 12.5 Å². The number of nitrogens with one attached hydrogen (secondary N) is 1. The van der Waals surface area contributed by atoms with Crippen molar-refractivity contribution in [2.24, 2.45) is 17.6 Å². The van der Waals surface area contributed by atoms with Gasteiger partial charge in [-0.3, -0.25) is 14.5 Å². The van der Waals surface area contributed by atoms with E-state index < -0.39 is 0 Å². The summed E-state index contributed by atoms with van der Waals surface area (Å²) in [6.45, 7) is 2.73. The highest BCUT2D eigenvalue weighted by atomic mass is 16.2. The van der Waals surface area contributed by atoms with Gasteiger partial charge >= 0.3 is 0 Å². The van der Waals surface area contributed by atoms with Crippen LogP contribution in [0, 0.1) is 11.8 Å². The Morgan fingerprint density at radius 1 is 1.10 bits per heavy atom. The number of piperidine rings is 1. The molecule has 2 rings (SSSR count). The topological polar surface area (TPSA) is 75.4 Å². The smallest absolute Gasteiger partial charge is 0.234 e. The number of amides is 2. The summed E-state index contributed by atoms with van der Waals surface area (Å²) in [6.07, 6.45) is 8.23. The minimum Gasteiger partial charge on any atom is -0.369 e. The van der Waals surface area contributed by atoms with E-state index in [9.17, 15) is 9.59 Å². The van der Waals surface area contributed by atoms with Crippen LogP contribution < -0.4 is 11.1 Å². The lowest BCUT2D eigenvalue weighted by atomic mass is 9.89. The van der Waals surface area contributed by atoms with Crippen LogP contribution in [0.3, 0.4) is 0 Å². The van der Waals surface area contributed by atoms with Crippen molar-refractivity contribution in [1.82, 2.24) is 10.2 Å². The van der Waals surface area contributed by atoms with E-state index in [1.165, 1.54) is 32.1 Å². The van der Waals surface area contributed by atoms with Crippen molar-refractivity contribution >= 4 is 11.8 Å². The highest BCUT2D eigenvalue weighted by Crippen LogP contribution is 2.22. The molecule has 0 bridgehead atoms. The molecule has 1 aliphatic carbocycles. The zero-order valence-electron chi connectivity index (χ0n) is 12.3. The molecular formula is C15H27N3O2. The molecule has 5 heteroatoms. The Hall–Kier alpha value is -1.10. The average molecular weight is 281 g/mol. The van der Waals surface area contributed by atoms with Crippen LogP contribution in [0.5, 0.6) is 0 Å². The molecule has 1 aliphatic heterocycles. The van der Waals surface area contributed by atoms with E-state index >= 15 is 0 Å². The molecular weight excluding hydrogens is 254 g/mol. The Morgan fingerprint density at radius 3 is 2.55 bits per heavy atom. The summed E-state index contributed by atoms with van der Waals surface area (Å²) in [6, 6.07) is 0. The molecule has 2 amide bonds. The molecule has 0 aromatic heterocycles. The third kappa shape index (κ3) is 4.78. The molecule has 2 fully saturated rings. The average Bonchev–Trinajstić information content (AvgIpc) is 2.46. The van der Waals surface area contributed by atoms with Crippen molar-refractivity contribution in [3.63, 3.8) is 0 Å². The summed E-state index contributed by atoms with van der Waals surface area (Å²) in [5.41, 5.74) is 5.35. The molecule has 0 aromatic carbocycles. The van der Waals surface area contributed by atoms with Gasteiger partial charge in [-0.1, -0.05) is 19.3 Å². The minimum absolute atomic E-state index is 0.0840. The van der Waals surface area contributed by atoms with Crippen LogP contribution in [-0.2, 0) is 9.59 Å². The maximum atomic E-state index is 12.0. The Morgan fingerprint density at radius 2 is 1.85 bits per heavy atom. The van der Waals surface area contributed by atoms with Crippen LogP contribution in [0.1, 0.15) is 44.9 Å². The van der Waals surface area contributed by atoms with Crippen molar-refractivity contribution < 1.29 is 9.59 Å². The molecule has 20 heavy (non-hydrogen) atoms. The number of hydrogen-bond acceptors (Lipinski definition) is 3. The van der Waals surface area contributed by atoms with Crippen LogP contribution in [-0.4, -0.2) is 42.9 Å². The summed E-state index contributed by atoms with van der Waals surface area (Å²) >= 11 is 0. The Labute approximate surface area is 121 Å². The van der Waals surface area contributed by atoms with Crippen molar-refractivity contribution in [1.29, 1.82) is 0 Å². The van der Waals surface area contributed by atoms with E-state index in [-0.39, 0.29) is 17.7 Å². The predicted molar refractivity (Wildman–Crippen MR) is 77.9 cm³/mol. The number of primary amides is 1. The summed E-state index contributed by atoms with van der Waals surface area (Å²) in [5.74, 6) is 0.417. The SMILES string of the molecule is NC(=O)[C@@H]1CCCN(CC(=O)NCC2CCCCC2)C1. The minimum atomic E-state index is -0.239. The van der Waals surface area contributed by atoms with Crippen LogP contribution in [0.4, 0.5) is 0 Å². The number of nitrogens with two attached hydrogens (primary N) is 1. The quantitative estimate of drug-likeness (QED) is 0.785.